The van der Waals surface area contributed by atoms with E-state index in [1.165, 1.54) is 11.1 Å². The van der Waals surface area contributed by atoms with E-state index in [4.69, 9.17) is 0 Å². The van der Waals surface area contributed by atoms with Crippen molar-refractivity contribution < 1.29 is 8.42 Å². The van der Waals surface area contributed by atoms with Crippen molar-refractivity contribution in [1.82, 2.24) is 0 Å². The van der Waals surface area contributed by atoms with E-state index in [1.807, 2.05) is 31.2 Å². The van der Waals surface area contributed by atoms with Gasteiger partial charge in [-0.25, -0.2) is 8.42 Å². The lowest BCUT2D eigenvalue weighted by Gasteiger charge is -2.08. The number of benzene rings is 4. The summed E-state index contributed by atoms with van der Waals surface area (Å²) in [7, 11) is -3.50. The fraction of sp³-hybridized carbons (Fsp3) is 0.0769. The number of sulfone groups is 1. The van der Waals surface area contributed by atoms with Gasteiger partial charge in [0.1, 0.15) is 0 Å². The first-order valence-electron chi connectivity index (χ1n) is 9.53. The van der Waals surface area contributed by atoms with E-state index >= 15 is 0 Å². The molecule has 0 heterocycles. The molecule has 0 N–H and O–H groups in total. The normalized spacial score (nSPS) is 11.4. The summed E-state index contributed by atoms with van der Waals surface area (Å²) in [6, 6.07) is 30.8. The highest BCUT2D eigenvalue weighted by Crippen LogP contribution is 2.27. The second-order valence-electron chi connectivity index (χ2n) is 7.28. The molecule has 0 saturated carbocycles. The van der Waals surface area contributed by atoms with Crippen LogP contribution >= 0.6 is 0 Å². The molecule has 0 fully saturated rings. The first-order chi connectivity index (χ1) is 13.9. The number of rotatable bonds is 4. The highest BCUT2D eigenvalue weighted by atomic mass is 32.2. The predicted molar refractivity (Wildman–Crippen MR) is 119 cm³/mol. The summed E-state index contributed by atoms with van der Waals surface area (Å²) < 4.78 is 25.6. The Morgan fingerprint density at radius 3 is 1.03 bits per heavy atom. The quantitative estimate of drug-likeness (QED) is 0.395. The maximum atomic E-state index is 12.8. The lowest BCUT2D eigenvalue weighted by Crippen LogP contribution is -2.01. The van der Waals surface area contributed by atoms with E-state index < -0.39 is 9.84 Å². The van der Waals surface area contributed by atoms with Crippen molar-refractivity contribution in [3.05, 3.63) is 108 Å². The summed E-state index contributed by atoms with van der Waals surface area (Å²) in [6.07, 6.45) is 0. The number of aryl methyl sites for hydroxylation is 2. The molecule has 0 aromatic heterocycles. The zero-order valence-electron chi connectivity index (χ0n) is 16.5. The zero-order valence-corrected chi connectivity index (χ0v) is 17.3. The van der Waals surface area contributed by atoms with Crippen molar-refractivity contribution in [1.29, 1.82) is 0 Å². The molecular formula is C26H22O2S. The van der Waals surface area contributed by atoms with Crippen molar-refractivity contribution in [2.75, 3.05) is 0 Å². The Kier molecular flexibility index (Phi) is 5.08. The van der Waals surface area contributed by atoms with E-state index in [0.717, 1.165) is 22.3 Å². The van der Waals surface area contributed by atoms with Crippen molar-refractivity contribution >= 4 is 9.84 Å². The van der Waals surface area contributed by atoms with Gasteiger partial charge in [-0.3, -0.25) is 0 Å². The molecule has 144 valence electrons. The highest BCUT2D eigenvalue weighted by molar-refractivity contribution is 7.91. The fourth-order valence-electron chi connectivity index (χ4n) is 3.28. The van der Waals surface area contributed by atoms with Gasteiger partial charge in [-0.15, -0.1) is 0 Å². The van der Waals surface area contributed by atoms with Crippen molar-refractivity contribution in [2.45, 2.75) is 23.6 Å². The molecule has 4 rings (SSSR count). The zero-order chi connectivity index (χ0) is 20.4. The van der Waals surface area contributed by atoms with E-state index in [0.29, 0.717) is 9.79 Å². The van der Waals surface area contributed by atoms with Crippen molar-refractivity contribution in [3.63, 3.8) is 0 Å². The van der Waals surface area contributed by atoms with Crippen LogP contribution in [0.5, 0.6) is 0 Å². The predicted octanol–water partition coefficient (Wildman–Crippen LogP) is 6.47. The SMILES string of the molecule is Cc1ccc(-c2ccc(-c3ccc(S(=O)(=O)c4ccc(C)cc4)cc3)cc2)cc1. The molecule has 0 spiro atoms. The highest BCUT2D eigenvalue weighted by Gasteiger charge is 2.17. The Labute approximate surface area is 172 Å². The molecule has 0 aliphatic rings. The molecule has 0 saturated heterocycles. The second-order valence-corrected chi connectivity index (χ2v) is 9.23. The van der Waals surface area contributed by atoms with Crippen LogP contribution in [0.3, 0.4) is 0 Å². The molecule has 4 aromatic rings. The summed E-state index contributed by atoms with van der Waals surface area (Å²) in [5, 5.41) is 0. The van der Waals surface area contributed by atoms with Crippen molar-refractivity contribution in [2.24, 2.45) is 0 Å². The fourth-order valence-corrected chi connectivity index (χ4v) is 4.54. The minimum Gasteiger partial charge on any atom is -0.219 e. The van der Waals surface area contributed by atoms with E-state index in [1.54, 1.807) is 24.3 Å². The minimum absolute atomic E-state index is 0.307. The average Bonchev–Trinajstić information content (AvgIpc) is 2.75. The molecule has 0 bridgehead atoms. The third kappa shape index (κ3) is 4.01. The first kappa shape index (κ1) is 19.2. The van der Waals surface area contributed by atoms with Gasteiger partial charge in [0.15, 0.2) is 0 Å². The molecule has 0 radical (unpaired) electrons. The Morgan fingerprint density at radius 1 is 0.414 bits per heavy atom. The molecule has 0 aliphatic carbocycles. The molecule has 4 aromatic carbocycles. The molecule has 3 heteroatoms. The Balaban J connectivity index is 1.59. The second kappa shape index (κ2) is 7.69. The van der Waals surface area contributed by atoms with Gasteiger partial charge in [-0.2, -0.15) is 0 Å². The Hall–Kier alpha value is -3.17. The minimum atomic E-state index is -3.50. The Morgan fingerprint density at radius 2 is 0.655 bits per heavy atom. The largest absolute Gasteiger partial charge is 0.219 e. The van der Waals surface area contributed by atoms with Crippen LogP contribution in [0, 0.1) is 13.8 Å². The van der Waals surface area contributed by atoms with E-state index in [9.17, 15) is 8.42 Å². The summed E-state index contributed by atoms with van der Waals surface area (Å²) >= 11 is 0. The standard InChI is InChI=1S/C26H22O2S/c1-19-3-7-21(8-4-19)22-9-11-23(12-10-22)24-13-17-26(18-14-24)29(27,28)25-15-5-20(2)6-16-25/h3-18H,1-2H3. The lowest BCUT2D eigenvalue weighted by atomic mass is 10.00. The maximum Gasteiger partial charge on any atom is 0.206 e. The third-order valence-corrected chi connectivity index (χ3v) is 6.88. The maximum absolute atomic E-state index is 12.8. The van der Waals surface area contributed by atoms with Crippen molar-refractivity contribution in [3.8, 4) is 22.3 Å². The van der Waals surface area contributed by atoms with Crippen LogP contribution in [0.1, 0.15) is 11.1 Å². The average molecular weight is 399 g/mol. The number of hydrogen-bond donors (Lipinski definition) is 0. The summed E-state index contributed by atoms with van der Waals surface area (Å²) in [5.41, 5.74) is 6.66. The summed E-state index contributed by atoms with van der Waals surface area (Å²) in [6.45, 7) is 4.02. The summed E-state index contributed by atoms with van der Waals surface area (Å²) in [5.74, 6) is 0. The lowest BCUT2D eigenvalue weighted by molar-refractivity contribution is 0.596. The molecule has 0 unspecified atom stereocenters. The van der Waals surface area contributed by atoms with Gasteiger partial charge in [-0.05, 0) is 60.4 Å². The molecule has 2 nitrogen and oxygen atoms in total. The van der Waals surface area contributed by atoms with Crippen LogP contribution in [0.2, 0.25) is 0 Å². The smallest absolute Gasteiger partial charge is 0.206 e. The van der Waals surface area contributed by atoms with Gasteiger partial charge in [0, 0.05) is 0 Å². The van der Waals surface area contributed by atoms with Gasteiger partial charge in [0.2, 0.25) is 9.84 Å². The molecule has 29 heavy (non-hydrogen) atoms. The monoisotopic (exact) mass is 398 g/mol. The van der Waals surface area contributed by atoms with Crippen LogP contribution in [-0.2, 0) is 9.84 Å². The van der Waals surface area contributed by atoms with Gasteiger partial charge in [0.25, 0.3) is 0 Å². The molecule has 0 atom stereocenters. The van der Waals surface area contributed by atoms with Crippen LogP contribution < -0.4 is 0 Å². The van der Waals surface area contributed by atoms with Gasteiger partial charge < -0.3 is 0 Å². The van der Waals surface area contributed by atoms with Gasteiger partial charge >= 0.3 is 0 Å². The molecular weight excluding hydrogens is 376 g/mol. The van der Waals surface area contributed by atoms with Gasteiger partial charge in [-0.1, -0.05) is 83.9 Å². The van der Waals surface area contributed by atoms with Gasteiger partial charge in [0.05, 0.1) is 9.79 Å². The Bertz CT molecular complexity index is 1220. The first-order valence-corrected chi connectivity index (χ1v) is 11.0. The van der Waals surface area contributed by atoms with Crippen LogP contribution in [0.15, 0.2) is 107 Å². The van der Waals surface area contributed by atoms with Crippen LogP contribution in [-0.4, -0.2) is 8.42 Å². The van der Waals surface area contributed by atoms with E-state index in [-0.39, 0.29) is 0 Å². The molecule has 0 aliphatic heterocycles. The third-order valence-electron chi connectivity index (χ3n) is 5.10. The topological polar surface area (TPSA) is 34.1 Å². The molecule has 0 amide bonds. The van der Waals surface area contributed by atoms with Crippen LogP contribution in [0.25, 0.3) is 22.3 Å². The van der Waals surface area contributed by atoms with E-state index in [2.05, 4.69) is 55.5 Å². The van der Waals surface area contributed by atoms with Crippen LogP contribution in [0.4, 0.5) is 0 Å². The summed E-state index contributed by atoms with van der Waals surface area (Å²) in [4.78, 5) is 0.625. The number of hydrogen-bond acceptors (Lipinski definition) is 2.